The van der Waals surface area contributed by atoms with Crippen molar-refractivity contribution in [1.29, 1.82) is 0 Å². The van der Waals surface area contributed by atoms with Crippen molar-refractivity contribution in [1.82, 2.24) is 0 Å². The van der Waals surface area contributed by atoms with Crippen LogP contribution in [-0.4, -0.2) is 17.1 Å². The van der Waals surface area contributed by atoms with Crippen LogP contribution in [0.4, 0.5) is 11.4 Å². The number of nitrogens with one attached hydrogen (secondary N) is 1. The van der Waals surface area contributed by atoms with E-state index >= 15 is 0 Å². The second-order valence-corrected chi connectivity index (χ2v) is 5.18. The van der Waals surface area contributed by atoms with Crippen LogP contribution in [-0.2, 0) is 6.54 Å². The average Bonchev–Trinajstić information content (AvgIpc) is 2.46. The first-order chi connectivity index (χ1) is 10.0. The van der Waals surface area contributed by atoms with Gasteiger partial charge in [0.05, 0.1) is 12.0 Å². The van der Waals surface area contributed by atoms with Gasteiger partial charge in [-0.15, -0.1) is 0 Å². The lowest BCUT2D eigenvalue weighted by Gasteiger charge is -2.10. The molecule has 0 fully saturated rings. The fourth-order valence-electron chi connectivity index (χ4n) is 1.82. The number of rotatable bonds is 5. The van der Waals surface area contributed by atoms with Crippen molar-refractivity contribution in [3.05, 3.63) is 56.5 Å². The summed E-state index contributed by atoms with van der Waals surface area (Å²) in [5.41, 5.74) is 0.976. The highest BCUT2D eigenvalue weighted by Crippen LogP contribution is 2.30. The third-order valence-corrected chi connectivity index (χ3v) is 3.41. The Bertz CT molecular complexity index is 676. The van der Waals surface area contributed by atoms with E-state index in [1.165, 1.54) is 19.2 Å². The molecule has 0 aromatic heterocycles. The minimum Gasteiger partial charge on any atom is -0.507 e. The van der Waals surface area contributed by atoms with Crippen LogP contribution in [0, 0.1) is 10.1 Å². The van der Waals surface area contributed by atoms with E-state index in [1.54, 1.807) is 24.3 Å². The van der Waals surface area contributed by atoms with Gasteiger partial charge in [-0.3, -0.25) is 10.1 Å². The van der Waals surface area contributed by atoms with Gasteiger partial charge in [0.15, 0.2) is 0 Å². The summed E-state index contributed by atoms with van der Waals surface area (Å²) in [6.45, 7) is 0.262. The number of benzene rings is 2. The maximum Gasteiger partial charge on any atom is 0.293 e. The topological polar surface area (TPSA) is 84.6 Å². The first-order valence-corrected chi connectivity index (χ1v) is 6.84. The molecule has 0 heterocycles. The molecule has 0 aliphatic carbocycles. The highest BCUT2D eigenvalue weighted by atomic mass is 79.9. The number of nitro groups is 1. The summed E-state index contributed by atoms with van der Waals surface area (Å²) in [6.07, 6.45) is 0. The van der Waals surface area contributed by atoms with Crippen LogP contribution in [0.1, 0.15) is 5.56 Å². The predicted molar refractivity (Wildman–Crippen MR) is 82.8 cm³/mol. The molecule has 110 valence electrons. The highest BCUT2D eigenvalue weighted by Gasteiger charge is 2.14. The van der Waals surface area contributed by atoms with Gasteiger partial charge in [0.1, 0.15) is 17.2 Å². The van der Waals surface area contributed by atoms with Crippen LogP contribution in [0.5, 0.6) is 11.5 Å². The Hall–Kier alpha value is -2.28. The Balaban J connectivity index is 2.18. The number of anilines is 1. The first kappa shape index (κ1) is 15.1. The zero-order valence-corrected chi connectivity index (χ0v) is 12.8. The van der Waals surface area contributed by atoms with E-state index < -0.39 is 4.92 Å². The molecule has 6 nitrogen and oxygen atoms in total. The van der Waals surface area contributed by atoms with Crippen molar-refractivity contribution in [2.45, 2.75) is 6.54 Å². The van der Waals surface area contributed by atoms with Crippen LogP contribution < -0.4 is 10.1 Å². The number of hydrogen-bond acceptors (Lipinski definition) is 5. The summed E-state index contributed by atoms with van der Waals surface area (Å²) in [4.78, 5) is 10.6. The van der Waals surface area contributed by atoms with Gasteiger partial charge in [-0.1, -0.05) is 15.9 Å². The maximum absolute atomic E-state index is 11.0. The Labute approximate surface area is 129 Å². The summed E-state index contributed by atoms with van der Waals surface area (Å²) in [7, 11) is 1.51. The van der Waals surface area contributed by atoms with Crippen LogP contribution in [0.25, 0.3) is 0 Å². The number of ether oxygens (including phenoxy) is 1. The van der Waals surface area contributed by atoms with E-state index in [1.807, 2.05) is 0 Å². The molecule has 2 aromatic rings. The number of halogens is 1. The molecular weight excluding hydrogens is 340 g/mol. The van der Waals surface area contributed by atoms with Gasteiger partial charge in [0.25, 0.3) is 5.69 Å². The second-order valence-electron chi connectivity index (χ2n) is 4.27. The van der Waals surface area contributed by atoms with Crippen molar-refractivity contribution >= 4 is 27.3 Å². The number of phenolic OH excluding ortho intramolecular Hbond substituents is 1. The van der Waals surface area contributed by atoms with Gasteiger partial charge in [-0.2, -0.15) is 0 Å². The normalized spacial score (nSPS) is 10.2. The molecule has 21 heavy (non-hydrogen) atoms. The zero-order valence-electron chi connectivity index (χ0n) is 11.2. The van der Waals surface area contributed by atoms with Crippen molar-refractivity contribution in [2.75, 3.05) is 12.4 Å². The second kappa shape index (κ2) is 6.45. The van der Waals surface area contributed by atoms with E-state index in [0.29, 0.717) is 21.5 Å². The molecule has 2 N–H and O–H groups in total. The quantitative estimate of drug-likeness (QED) is 0.633. The highest BCUT2D eigenvalue weighted by molar-refractivity contribution is 9.10. The molecule has 0 spiro atoms. The Kier molecular flexibility index (Phi) is 4.64. The van der Waals surface area contributed by atoms with Crippen molar-refractivity contribution in [3.8, 4) is 11.5 Å². The van der Waals surface area contributed by atoms with Gasteiger partial charge in [0, 0.05) is 28.7 Å². The fraction of sp³-hybridized carbons (Fsp3) is 0.143. The fourth-order valence-corrected chi connectivity index (χ4v) is 2.16. The third kappa shape index (κ3) is 3.63. The zero-order chi connectivity index (χ0) is 15.4. The van der Waals surface area contributed by atoms with Gasteiger partial charge < -0.3 is 15.2 Å². The Morgan fingerprint density at radius 2 is 2.10 bits per heavy atom. The van der Waals surface area contributed by atoms with Crippen molar-refractivity contribution in [2.24, 2.45) is 0 Å². The first-order valence-electron chi connectivity index (χ1n) is 6.05. The maximum atomic E-state index is 11.0. The Morgan fingerprint density at radius 1 is 1.33 bits per heavy atom. The third-order valence-electron chi connectivity index (χ3n) is 2.92. The molecule has 0 atom stereocenters. The van der Waals surface area contributed by atoms with Crippen molar-refractivity contribution < 1.29 is 14.8 Å². The standard InChI is InChI=1S/C14H13BrN2O4/c1-21-11-4-2-9(14(18)7-11)8-16-12-5-3-10(15)6-13(12)17(19)20/h2-7,16,18H,8H2,1H3. The summed E-state index contributed by atoms with van der Waals surface area (Å²) in [5, 5.41) is 23.8. The molecule has 2 aromatic carbocycles. The molecular formula is C14H13BrN2O4. The van der Waals surface area contributed by atoms with Crippen LogP contribution >= 0.6 is 15.9 Å². The SMILES string of the molecule is COc1ccc(CNc2ccc(Br)cc2[N+](=O)[O-])c(O)c1. The summed E-state index contributed by atoms with van der Waals surface area (Å²) >= 11 is 3.20. The monoisotopic (exact) mass is 352 g/mol. The van der Waals surface area contributed by atoms with E-state index in [0.717, 1.165) is 0 Å². The van der Waals surface area contributed by atoms with Crippen LogP contribution in [0.3, 0.4) is 0 Å². The van der Waals surface area contributed by atoms with Gasteiger partial charge in [-0.05, 0) is 24.3 Å². The smallest absolute Gasteiger partial charge is 0.293 e. The molecule has 0 saturated carbocycles. The summed E-state index contributed by atoms with van der Waals surface area (Å²) in [5.74, 6) is 0.618. The van der Waals surface area contributed by atoms with Crippen molar-refractivity contribution in [3.63, 3.8) is 0 Å². The van der Waals surface area contributed by atoms with Crippen LogP contribution in [0.2, 0.25) is 0 Å². The number of hydrogen-bond donors (Lipinski definition) is 2. The minimum atomic E-state index is -0.457. The predicted octanol–water partition coefficient (Wildman–Crippen LogP) is 3.68. The molecule has 0 radical (unpaired) electrons. The van der Waals surface area contributed by atoms with Gasteiger partial charge in [-0.25, -0.2) is 0 Å². The number of phenols is 1. The molecule has 0 aliphatic rings. The van der Waals surface area contributed by atoms with Crippen LogP contribution in [0.15, 0.2) is 40.9 Å². The lowest BCUT2D eigenvalue weighted by molar-refractivity contribution is -0.384. The molecule has 0 saturated heterocycles. The summed E-state index contributed by atoms with van der Waals surface area (Å²) < 4.78 is 5.63. The number of methoxy groups -OCH3 is 1. The van der Waals surface area contributed by atoms with E-state index in [9.17, 15) is 15.2 Å². The molecule has 2 rings (SSSR count). The van der Waals surface area contributed by atoms with Gasteiger partial charge in [0.2, 0.25) is 0 Å². The molecule has 0 bridgehead atoms. The lowest BCUT2D eigenvalue weighted by atomic mass is 10.2. The lowest BCUT2D eigenvalue weighted by Crippen LogP contribution is -2.03. The van der Waals surface area contributed by atoms with Gasteiger partial charge >= 0.3 is 0 Å². The van der Waals surface area contributed by atoms with E-state index in [-0.39, 0.29) is 18.0 Å². The minimum absolute atomic E-state index is 0.0302. The molecule has 7 heteroatoms. The number of nitrogens with zero attached hydrogens (tertiary/aromatic N) is 1. The number of nitro benzene ring substituents is 1. The van der Waals surface area contributed by atoms with E-state index in [2.05, 4.69) is 21.2 Å². The largest absolute Gasteiger partial charge is 0.507 e. The Morgan fingerprint density at radius 3 is 2.71 bits per heavy atom. The molecule has 0 aliphatic heterocycles. The average molecular weight is 353 g/mol. The molecule has 0 unspecified atom stereocenters. The number of aromatic hydroxyl groups is 1. The molecule has 0 amide bonds. The summed E-state index contributed by atoms with van der Waals surface area (Å²) in [6, 6.07) is 9.66. The van der Waals surface area contributed by atoms with E-state index in [4.69, 9.17) is 4.74 Å².